The molecule has 0 fully saturated rings. The van der Waals surface area contributed by atoms with Gasteiger partial charge in [-0.25, -0.2) is 12.7 Å². The van der Waals surface area contributed by atoms with E-state index in [1.54, 1.807) is 14.2 Å². The Labute approximate surface area is 161 Å². The number of carbonyl (C=O) groups excluding carboxylic acids is 1. The van der Waals surface area contributed by atoms with Crippen molar-refractivity contribution in [3.05, 3.63) is 59.7 Å². The second-order valence-corrected chi connectivity index (χ2v) is 8.24. The summed E-state index contributed by atoms with van der Waals surface area (Å²) in [5.41, 5.74) is 1.27. The molecule has 2 aromatic carbocycles. The predicted octanol–water partition coefficient (Wildman–Crippen LogP) is 3.05. The predicted molar refractivity (Wildman–Crippen MR) is 105 cm³/mol. The number of para-hydroxylation sites is 1. The fraction of sp³-hybridized carbons (Fsp3) is 0.350. The average molecular weight is 391 g/mol. The van der Waals surface area contributed by atoms with Gasteiger partial charge in [0.05, 0.1) is 12.0 Å². The van der Waals surface area contributed by atoms with Crippen LogP contribution in [0.2, 0.25) is 0 Å². The lowest BCUT2D eigenvalue weighted by atomic mass is 10.2. The maximum Gasteiger partial charge on any atom is 0.251 e. The number of methoxy groups -OCH3 is 1. The summed E-state index contributed by atoms with van der Waals surface area (Å²) in [6.07, 6.45) is 1.73. The van der Waals surface area contributed by atoms with Crippen LogP contribution in [0.25, 0.3) is 0 Å². The first-order valence-corrected chi connectivity index (χ1v) is 10.3. The van der Waals surface area contributed by atoms with Crippen molar-refractivity contribution in [1.82, 2.24) is 9.62 Å². The van der Waals surface area contributed by atoms with Gasteiger partial charge in [0.25, 0.3) is 5.91 Å². The Morgan fingerprint density at radius 1 is 1.11 bits per heavy atom. The Balaban J connectivity index is 2.05. The van der Waals surface area contributed by atoms with E-state index in [-0.39, 0.29) is 10.8 Å². The third-order valence-corrected chi connectivity index (χ3v) is 6.15. The number of carbonyl (C=O) groups is 1. The summed E-state index contributed by atoms with van der Waals surface area (Å²) in [6.45, 7) is 2.81. The van der Waals surface area contributed by atoms with Crippen LogP contribution in [0.15, 0.2) is 53.4 Å². The minimum absolute atomic E-state index is 0.183. The average Bonchev–Trinajstić information content (AvgIpc) is 2.70. The molecule has 0 saturated carbocycles. The fourth-order valence-corrected chi connectivity index (χ4v) is 3.80. The van der Waals surface area contributed by atoms with Gasteiger partial charge >= 0.3 is 0 Å². The smallest absolute Gasteiger partial charge is 0.251 e. The van der Waals surface area contributed by atoms with Gasteiger partial charge < -0.3 is 10.1 Å². The van der Waals surface area contributed by atoms with Crippen LogP contribution in [-0.2, 0) is 16.6 Å². The zero-order valence-corrected chi connectivity index (χ0v) is 16.8. The van der Waals surface area contributed by atoms with E-state index in [1.165, 1.54) is 28.6 Å². The lowest BCUT2D eigenvalue weighted by Crippen LogP contribution is -2.28. The Morgan fingerprint density at radius 2 is 1.78 bits per heavy atom. The quantitative estimate of drug-likeness (QED) is 0.714. The van der Waals surface area contributed by atoms with Crippen LogP contribution in [0.1, 0.15) is 35.7 Å². The van der Waals surface area contributed by atoms with E-state index < -0.39 is 10.0 Å². The minimum atomic E-state index is -3.53. The maximum atomic E-state index is 12.5. The monoisotopic (exact) mass is 390 g/mol. The molecule has 1 N–H and O–H groups in total. The summed E-state index contributed by atoms with van der Waals surface area (Å²) in [6, 6.07) is 13.4. The van der Waals surface area contributed by atoms with Crippen molar-refractivity contribution in [2.24, 2.45) is 0 Å². The Bertz CT molecular complexity index is 864. The number of rotatable bonds is 9. The van der Waals surface area contributed by atoms with E-state index in [9.17, 15) is 13.2 Å². The van der Waals surface area contributed by atoms with Crippen LogP contribution in [0.4, 0.5) is 0 Å². The molecule has 0 aromatic heterocycles. The van der Waals surface area contributed by atoms with Crippen molar-refractivity contribution < 1.29 is 17.9 Å². The molecular formula is C20H26N2O4S. The number of nitrogens with zero attached hydrogens (tertiary/aromatic N) is 1. The molecule has 6 nitrogen and oxygen atoms in total. The molecule has 0 atom stereocenters. The number of amides is 1. The van der Waals surface area contributed by atoms with Gasteiger partial charge in [0.15, 0.2) is 0 Å². The van der Waals surface area contributed by atoms with Crippen LogP contribution >= 0.6 is 0 Å². The summed E-state index contributed by atoms with van der Waals surface area (Å²) in [5.74, 6) is 0.429. The molecule has 0 spiro atoms. The van der Waals surface area contributed by atoms with Gasteiger partial charge in [-0.2, -0.15) is 0 Å². The zero-order chi connectivity index (χ0) is 19.9. The van der Waals surface area contributed by atoms with Crippen molar-refractivity contribution in [1.29, 1.82) is 0 Å². The molecule has 1 amide bonds. The first-order valence-electron chi connectivity index (χ1n) is 8.86. The van der Waals surface area contributed by atoms with Crippen molar-refractivity contribution in [3.63, 3.8) is 0 Å². The molecular weight excluding hydrogens is 364 g/mol. The molecule has 2 rings (SSSR count). The van der Waals surface area contributed by atoms with E-state index in [0.717, 1.165) is 18.4 Å². The number of nitrogens with one attached hydrogen (secondary N) is 1. The van der Waals surface area contributed by atoms with Crippen molar-refractivity contribution in [3.8, 4) is 5.75 Å². The van der Waals surface area contributed by atoms with Crippen LogP contribution in [0, 0.1) is 0 Å². The first kappa shape index (κ1) is 20.9. The first-order chi connectivity index (χ1) is 12.9. The summed E-state index contributed by atoms with van der Waals surface area (Å²) in [7, 11) is -0.384. The molecule has 7 heteroatoms. The molecule has 2 aromatic rings. The summed E-state index contributed by atoms with van der Waals surface area (Å²) < 4.78 is 31.6. The van der Waals surface area contributed by atoms with Gasteiger partial charge in [-0.15, -0.1) is 0 Å². The third-order valence-electron chi connectivity index (χ3n) is 4.28. The zero-order valence-electron chi connectivity index (χ0n) is 15.9. The number of hydrogen-bond acceptors (Lipinski definition) is 4. The second kappa shape index (κ2) is 9.53. The normalized spacial score (nSPS) is 11.4. The Hall–Kier alpha value is -2.38. The number of benzene rings is 2. The number of sulfonamides is 1. The van der Waals surface area contributed by atoms with Gasteiger partial charge in [-0.05, 0) is 36.8 Å². The highest BCUT2D eigenvalue weighted by Crippen LogP contribution is 2.18. The highest BCUT2D eigenvalue weighted by molar-refractivity contribution is 7.89. The van der Waals surface area contributed by atoms with Crippen molar-refractivity contribution >= 4 is 15.9 Å². The van der Waals surface area contributed by atoms with E-state index in [4.69, 9.17) is 4.74 Å². The number of unbranched alkanes of at least 4 members (excludes halogenated alkanes) is 1. The van der Waals surface area contributed by atoms with E-state index in [0.29, 0.717) is 24.4 Å². The minimum Gasteiger partial charge on any atom is -0.496 e. The molecule has 0 saturated heterocycles. The fourth-order valence-electron chi connectivity index (χ4n) is 2.59. The SMILES string of the molecule is CCCCN(C)S(=O)(=O)c1ccc(C(=O)NCc2ccccc2OC)cc1. The third kappa shape index (κ3) is 5.30. The molecule has 0 aliphatic rings. The lowest BCUT2D eigenvalue weighted by Gasteiger charge is -2.17. The van der Waals surface area contributed by atoms with Crippen LogP contribution < -0.4 is 10.1 Å². The van der Waals surface area contributed by atoms with Gasteiger partial charge in [0.1, 0.15) is 5.75 Å². The number of hydrogen-bond donors (Lipinski definition) is 1. The second-order valence-electron chi connectivity index (χ2n) is 6.20. The summed E-state index contributed by atoms with van der Waals surface area (Å²) in [4.78, 5) is 12.5. The summed E-state index contributed by atoms with van der Waals surface area (Å²) >= 11 is 0. The highest BCUT2D eigenvalue weighted by Gasteiger charge is 2.20. The molecule has 0 bridgehead atoms. The molecule has 0 heterocycles. The van der Waals surface area contributed by atoms with Crippen LogP contribution in [-0.4, -0.2) is 39.3 Å². The summed E-state index contributed by atoms with van der Waals surface area (Å²) in [5, 5.41) is 2.82. The largest absolute Gasteiger partial charge is 0.496 e. The van der Waals surface area contributed by atoms with E-state index in [2.05, 4.69) is 5.32 Å². The maximum absolute atomic E-state index is 12.5. The molecule has 0 unspecified atom stereocenters. The van der Waals surface area contributed by atoms with Crippen LogP contribution in [0.5, 0.6) is 5.75 Å². The van der Waals surface area contributed by atoms with E-state index in [1.807, 2.05) is 31.2 Å². The highest BCUT2D eigenvalue weighted by atomic mass is 32.2. The lowest BCUT2D eigenvalue weighted by molar-refractivity contribution is 0.0950. The van der Waals surface area contributed by atoms with Gasteiger partial charge in [0, 0.05) is 31.3 Å². The van der Waals surface area contributed by atoms with Crippen molar-refractivity contribution in [2.45, 2.75) is 31.2 Å². The van der Waals surface area contributed by atoms with Gasteiger partial charge in [0.2, 0.25) is 10.0 Å². The Morgan fingerprint density at radius 3 is 2.41 bits per heavy atom. The van der Waals surface area contributed by atoms with Crippen molar-refractivity contribution in [2.75, 3.05) is 20.7 Å². The molecule has 0 aliphatic heterocycles. The van der Waals surface area contributed by atoms with E-state index >= 15 is 0 Å². The molecule has 27 heavy (non-hydrogen) atoms. The van der Waals surface area contributed by atoms with Gasteiger partial charge in [-0.3, -0.25) is 4.79 Å². The topological polar surface area (TPSA) is 75.7 Å². The standard InChI is InChI=1S/C20H26N2O4S/c1-4-5-14-22(2)27(24,25)18-12-10-16(11-13-18)20(23)21-15-17-8-6-7-9-19(17)26-3/h6-13H,4-5,14-15H2,1-3H3,(H,21,23). The van der Waals surface area contributed by atoms with Crippen LogP contribution in [0.3, 0.4) is 0 Å². The molecule has 0 aliphatic carbocycles. The Kier molecular flexibility index (Phi) is 7.38. The molecule has 0 radical (unpaired) electrons. The van der Waals surface area contributed by atoms with Gasteiger partial charge in [-0.1, -0.05) is 31.5 Å². The number of ether oxygens (including phenoxy) is 1. The molecule has 146 valence electrons.